The second kappa shape index (κ2) is 50.4. The zero-order valence-electron chi connectivity index (χ0n) is 72.8. The van der Waals surface area contributed by atoms with Crippen LogP contribution in [0.4, 0.5) is 0 Å². The number of aromatic amines is 1. The number of halogens is 1. The molecule has 10 aromatic carbocycles. The Morgan fingerprint density at radius 1 is 0.413 bits per heavy atom. The molecule has 0 bridgehead atoms. The van der Waals surface area contributed by atoms with E-state index in [1.807, 2.05) is 82.3 Å². The Hall–Kier alpha value is -11.8. The molecule has 32 heteroatoms. The number of ether oxygens (including phenoxy) is 14. The van der Waals surface area contributed by atoms with E-state index < -0.39 is 47.4 Å². The van der Waals surface area contributed by atoms with Gasteiger partial charge in [0.25, 0.3) is 0 Å². The van der Waals surface area contributed by atoms with Crippen LogP contribution in [0.5, 0.6) is 57.5 Å². The molecular formula is C94H105BrN3O24PS3. The molecular weight excluding hydrogens is 1760 g/mol. The van der Waals surface area contributed by atoms with Crippen LogP contribution in [0.15, 0.2) is 268 Å². The van der Waals surface area contributed by atoms with Crippen molar-refractivity contribution >= 4 is 87.7 Å². The van der Waals surface area contributed by atoms with Crippen LogP contribution in [0.1, 0.15) is 64.3 Å². The van der Waals surface area contributed by atoms with Gasteiger partial charge in [0.05, 0.1) is 84.7 Å². The van der Waals surface area contributed by atoms with E-state index >= 15 is 0 Å². The number of rotatable bonds is 32. The van der Waals surface area contributed by atoms with Crippen molar-refractivity contribution in [1.82, 2.24) is 15.0 Å². The number of hydrogen-bond acceptors (Lipinski definition) is 26. The Balaban J connectivity index is 0.000000214. The van der Waals surface area contributed by atoms with Crippen molar-refractivity contribution in [2.45, 2.75) is 73.4 Å². The average molecular weight is 1870 g/mol. The second-order valence-corrected chi connectivity index (χ2v) is 37.5. The number of imidazole rings is 1. The maximum absolute atomic E-state index is 11.9. The second-order valence-electron chi connectivity index (χ2n) is 28.2. The number of pyridine rings is 1. The van der Waals surface area contributed by atoms with Crippen molar-refractivity contribution in [3.8, 4) is 80.0 Å². The molecule has 2 aromatic heterocycles. The molecule has 0 saturated carbocycles. The highest BCUT2D eigenvalue weighted by Crippen LogP contribution is 2.36. The van der Waals surface area contributed by atoms with E-state index in [4.69, 9.17) is 61.6 Å². The molecule has 12 aromatic rings. The van der Waals surface area contributed by atoms with E-state index in [1.165, 1.54) is 111 Å². The summed E-state index contributed by atoms with van der Waals surface area (Å²) in [5.74, 6) is 3.35. The topological polar surface area (TPSA) is 345 Å². The number of fused-ring (bicyclic) bond motifs is 1. The Kier molecular flexibility index (Phi) is 40.5. The van der Waals surface area contributed by atoms with E-state index in [1.54, 1.807) is 107 Å². The highest BCUT2D eigenvalue weighted by atomic mass is 79.9. The summed E-state index contributed by atoms with van der Waals surface area (Å²) in [6, 6.07) is 71.1. The molecule has 0 unspecified atom stereocenters. The summed E-state index contributed by atoms with van der Waals surface area (Å²) in [7, 11) is 0.625. The van der Waals surface area contributed by atoms with Crippen molar-refractivity contribution < 1.29 is 111 Å². The maximum atomic E-state index is 11.9. The molecule has 0 fully saturated rings. The lowest BCUT2D eigenvalue weighted by atomic mass is 10.1. The lowest BCUT2D eigenvalue weighted by molar-refractivity contribution is 0.0589. The standard InChI is InChI=1S/C23H23N3O5S.C19H22O7S.C19H22O5.C14H15P.C12H16O5.C7H7BrO2S/c1-15(14-29-2)30-18-11-16(22-25-21-5-4-10-24-23(21)26-22)12-19(13-18)31-17-6-8-20(9-7-17)32(3,27)28;1-13(12-23-2)25-16-9-14(19(20)24-3)10-17(11-16)26-15-5-7-18(8-6-15)27(4,21)22;1-14(12-21-2)24-18-10-16(19(20)22-3)9-17(11-18)23-13-15-7-5-4-6-8-15;1-15(2)14-11-7-6-10-13(14)12-8-4-3-5-9-12;1-8(7-15-2)17-11-5-9(12(14)16-3)4-10(13)6-11;1-11(9,10)7-4-2-6(8)3-5-7/h4-13,15H,14H2,1-3H3,(H,24,25,26);5-11,13H,12H2,1-4H3;4-11,14H,12-13H2,1-3H3;3-11H,1-2H3;4-6,8,13H,7H2,1-3H3;2-5H,1H3/t15-;13-;14-;;8-;/m000.0./s1. The fraction of sp³-hybridized carbons (Fsp3) is 0.266. The van der Waals surface area contributed by atoms with E-state index in [9.17, 15) is 44.7 Å². The predicted molar refractivity (Wildman–Crippen MR) is 490 cm³/mol. The van der Waals surface area contributed by atoms with Gasteiger partial charge >= 0.3 is 17.9 Å². The van der Waals surface area contributed by atoms with Gasteiger partial charge in [-0.1, -0.05) is 109 Å². The number of carbonyl (C=O) groups excluding carboxylic acids is 3. The van der Waals surface area contributed by atoms with Gasteiger partial charge in [0, 0.05) is 87.7 Å². The molecule has 670 valence electrons. The first-order chi connectivity index (χ1) is 60.0. The first kappa shape index (κ1) is 101. The van der Waals surface area contributed by atoms with Crippen LogP contribution in [0.25, 0.3) is 33.7 Å². The molecule has 2 N–H and O–H groups in total. The van der Waals surface area contributed by atoms with Crippen LogP contribution >= 0.6 is 23.9 Å². The number of sulfone groups is 3. The molecule has 126 heavy (non-hydrogen) atoms. The zero-order valence-corrected chi connectivity index (χ0v) is 77.7. The van der Waals surface area contributed by atoms with Gasteiger partial charge in [-0.05, 0) is 196 Å². The Morgan fingerprint density at radius 2 is 0.786 bits per heavy atom. The highest BCUT2D eigenvalue weighted by molar-refractivity contribution is 9.10. The monoisotopic (exact) mass is 1870 g/mol. The SMILES string of the molecule is COC[C@H](C)Oc1cc(O)cc(C(=O)OC)c1.COC[C@H](C)Oc1cc(OCc2ccccc2)cc(C(=O)OC)c1.COC[C@H](C)Oc1cc(Oc2ccc(S(C)(=O)=O)cc2)cc(-c2nc3ncccc3[nH]2)c1.COC[C@H](C)Oc1cc(Oc2ccc(S(C)(=O)=O)cc2)cc(C(=O)OC)c1.CP(C)c1ccccc1-c1ccccc1.CS(=O)(=O)c1ccc(Br)cc1. The summed E-state index contributed by atoms with van der Waals surface area (Å²) in [4.78, 5) is 47.9. The highest BCUT2D eigenvalue weighted by Gasteiger charge is 2.20. The number of phenols is 1. The van der Waals surface area contributed by atoms with Crippen LogP contribution in [0.3, 0.4) is 0 Å². The Morgan fingerprint density at radius 3 is 1.21 bits per heavy atom. The van der Waals surface area contributed by atoms with Crippen molar-refractivity contribution in [3.05, 3.63) is 276 Å². The van der Waals surface area contributed by atoms with Gasteiger partial charge in [-0.15, -0.1) is 0 Å². The minimum Gasteiger partial charge on any atom is -0.508 e. The van der Waals surface area contributed by atoms with E-state index in [0.29, 0.717) is 107 Å². The van der Waals surface area contributed by atoms with Crippen LogP contribution in [-0.4, -0.2) is 196 Å². The van der Waals surface area contributed by atoms with Crippen molar-refractivity contribution in [2.24, 2.45) is 0 Å². The molecule has 0 saturated heterocycles. The number of aromatic nitrogens is 3. The van der Waals surface area contributed by atoms with Crippen LogP contribution in [-0.2, 0) is 69.3 Å². The van der Waals surface area contributed by atoms with Gasteiger partial charge in [-0.2, -0.15) is 0 Å². The van der Waals surface area contributed by atoms with E-state index in [0.717, 1.165) is 27.4 Å². The summed E-state index contributed by atoms with van der Waals surface area (Å²) >= 11 is 3.22. The van der Waals surface area contributed by atoms with Gasteiger partial charge < -0.3 is 76.4 Å². The number of nitrogens with zero attached hydrogens (tertiary/aromatic N) is 2. The fourth-order valence-electron chi connectivity index (χ4n) is 11.5. The first-order valence-electron chi connectivity index (χ1n) is 38.9. The molecule has 0 amide bonds. The van der Waals surface area contributed by atoms with Gasteiger partial charge in [0.1, 0.15) is 94.3 Å². The number of carbonyl (C=O) groups is 3. The molecule has 0 radical (unpaired) electrons. The summed E-state index contributed by atoms with van der Waals surface area (Å²) in [5.41, 5.74) is 6.82. The van der Waals surface area contributed by atoms with Crippen molar-refractivity contribution in [3.63, 3.8) is 0 Å². The van der Waals surface area contributed by atoms with Crippen molar-refractivity contribution in [2.75, 3.05) is 108 Å². The van der Waals surface area contributed by atoms with Crippen LogP contribution < -0.4 is 38.5 Å². The van der Waals surface area contributed by atoms with Gasteiger partial charge in [-0.25, -0.2) is 49.6 Å². The third-order valence-corrected chi connectivity index (χ3v) is 22.5. The third kappa shape index (κ3) is 34.3. The number of methoxy groups -OCH3 is 7. The van der Waals surface area contributed by atoms with E-state index in [-0.39, 0.29) is 59.0 Å². The maximum Gasteiger partial charge on any atom is 0.338 e. The number of esters is 3. The predicted octanol–water partition coefficient (Wildman–Crippen LogP) is 17.9. The Labute approximate surface area is 746 Å². The number of benzene rings is 10. The first-order valence-corrected chi connectivity index (χ1v) is 47.6. The molecule has 4 atom stereocenters. The van der Waals surface area contributed by atoms with E-state index in [2.05, 4.69) is 104 Å². The van der Waals surface area contributed by atoms with Gasteiger partial charge in [0.15, 0.2) is 35.2 Å². The number of phenolic OH excluding ortho intramolecular Hbond substituents is 1. The summed E-state index contributed by atoms with van der Waals surface area (Å²) in [5, 5.41) is 10.9. The summed E-state index contributed by atoms with van der Waals surface area (Å²) < 4.78 is 144. The lowest BCUT2D eigenvalue weighted by Crippen LogP contribution is -2.18. The number of nitrogens with one attached hydrogen (secondary N) is 1. The van der Waals surface area contributed by atoms with Crippen LogP contribution in [0.2, 0.25) is 0 Å². The Bertz CT molecular complexity index is 5790. The van der Waals surface area contributed by atoms with Crippen molar-refractivity contribution in [1.29, 1.82) is 0 Å². The number of H-pyrrole nitrogens is 1. The lowest BCUT2D eigenvalue weighted by Gasteiger charge is -2.16. The zero-order chi connectivity index (χ0) is 92.1. The molecule has 2 heterocycles. The molecule has 12 rings (SSSR count). The average Bonchev–Trinajstić information content (AvgIpc) is 1.64. The molecule has 27 nitrogen and oxygen atoms in total. The normalized spacial score (nSPS) is 11.9. The molecule has 0 aliphatic rings. The third-order valence-electron chi connectivity index (χ3n) is 17.2. The summed E-state index contributed by atoms with van der Waals surface area (Å²) in [6.45, 7) is 14.1. The quantitative estimate of drug-likeness (QED) is 0.0225. The minimum absolute atomic E-state index is 0.0400. The number of aromatic hydroxyl groups is 1. The molecule has 0 aliphatic carbocycles. The van der Waals surface area contributed by atoms with Crippen LogP contribution in [0, 0.1) is 0 Å². The van der Waals surface area contributed by atoms with Gasteiger partial charge in [0.2, 0.25) is 0 Å². The number of hydrogen-bond donors (Lipinski definition) is 2. The summed E-state index contributed by atoms with van der Waals surface area (Å²) in [6.07, 6.45) is 4.45. The molecule has 0 aliphatic heterocycles. The molecule has 0 spiro atoms. The smallest absolute Gasteiger partial charge is 0.338 e. The fourth-order valence-corrected chi connectivity index (χ4v) is 14.8. The minimum atomic E-state index is -3.29. The van der Waals surface area contributed by atoms with Gasteiger partial charge in [-0.3, -0.25) is 0 Å². The largest absolute Gasteiger partial charge is 0.508 e.